The summed E-state index contributed by atoms with van der Waals surface area (Å²) >= 11 is 0. The van der Waals surface area contributed by atoms with Crippen LogP contribution in [-0.2, 0) is 10.8 Å². The van der Waals surface area contributed by atoms with Crippen LogP contribution in [-0.4, -0.2) is 57.8 Å². The highest BCUT2D eigenvalue weighted by atomic mass is 16.5. The predicted molar refractivity (Wildman–Crippen MR) is 611 cm³/mol. The summed E-state index contributed by atoms with van der Waals surface area (Å²) in [4.78, 5) is 14.0. The molecule has 712 valence electrons. The third-order valence-corrected chi connectivity index (χ3v) is 29.6. The van der Waals surface area contributed by atoms with Gasteiger partial charge in [0.05, 0.1) is 66.2 Å². The van der Waals surface area contributed by atoms with Crippen LogP contribution in [0.3, 0.4) is 0 Å². The van der Waals surface area contributed by atoms with E-state index in [0.29, 0.717) is 35.1 Å². The Hall–Kier alpha value is -19.1. The van der Waals surface area contributed by atoms with Crippen LogP contribution in [0, 0.1) is 13.8 Å². The zero-order valence-electron chi connectivity index (χ0n) is 83.3. The Morgan fingerprint density at radius 3 is 0.758 bits per heavy atom. The molecule has 0 aliphatic heterocycles. The van der Waals surface area contributed by atoms with E-state index in [1.165, 1.54) is 142 Å². The topological polar surface area (TPSA) is 146 Å². The van der Waals surface area contributed by atoms with Crippen LogP contribution in [0.5, 0.6) is 0 Å². The quantitative estimate of drug-likeness (QED) is 0.110. The molecule has 0 radical (unpaired) electrons. The Balaban J connectivity index is 0.000000110. The standard InChI is InChI=1S/C48H30N4O.C46H40N4O.C40H28N4O/c1-2-11-32(12-3-1)47-49-48(53-50-47)33-20-23-37(24-21-33)51-43-16-8-7-15-40(43)42-30-38(25-27-46(42)51)52-44-17-9-6-14-39(44)41-29-36(22-26-45(41)52)35-19-18-31-10-4-5-13-34(31)28-35;1-45(2,3)31-18-23-40-36(26-31)37-27-32(46(4,5)6)19-24-41(37)50(40)34-22-25-42-38(28-34)35-14-10-11-15-39(35)49(42)33-20-16-30(17-21-33)44-47-43(48-51-44)29-12-8-7-9-13-29;1-25-12-19-36-32(22-25)33-23-26(2)13-20-37(33)44(36)30-18-21-38-34(24-30)31-10-6-7-11-35(31)43(38)29-16-14-28(15-17-29)40-41-39(42-45-40)27-8-4-3-5-9-27/h1-30H;7-28H,1-6H3;3-24H,1-2H3. The number of benzene rings is 20. The number of rotatable bonds is 13. The van der Waals surface area contributed by atoms with Crippen molar-refractivity contribution in [2.24, 2.45) is 0 Å². The van der Waals surface area contributed by atoms with Crippen LogP contribution in [0.15, 0.2) is 462 Å². The van der Waals surface area contributed by atoms with Gasteiger partial charge >= 0.3 is 0 Å². The molecule has 0 spiro atoms. The number of aryl methyl sites for hydroxylation is 2. The predicted octanol–water partition coefficient (Wildman–Crippen LogP) is 34.8. The molecule has 0 saturated carbocycles. The maximum absolute atomic E-state index is 5.66. The molecular weight excluding hydrogens is 1830 g/mol. The maximum atomic E-state index is 5.66. The van der Waals surface area contributed by atoms with Crippen molar-refractivity contribution in [1.82, 2.24) is 57.8 Å². The lowest BCUT2D eigenvalue weighted by Crippen LogP contribution is -2.10. The van der Waals surface area contributed by atoms with Crippen LogP contribution in [0.2, 0.25) is 0 Å². The Labute approximate surface area is 858 Å². The lowest BCUT2D eigenvalue weighted by molar-refractivity contribution is 0.432. The number of nitrogens with zero attached hydrogens (tertiary/aromatic N) is 12. The highest BCUT2D eigenvalue weighted by molar-refractivity contribution is 6.17. The summed E-state index contributed by atoms with van der Waals surface area (Å²) in [6, 6.07) is 160. The van der Waals surface area contributed by atoms with E-state index in [0.717, 1.165) is 101 Å². The van der Waals surface area contributed by atoms with Crippen molar-refractivity contribution < 1.29 is 13.6 Å². The van der Waals surface area contributed by atoms with Gasteiger partial charge in [0, 0.05) is 132 Å². The number of hydrogen-bond donors (Lipinski definition) is 0. The molecule has 15 nitrogen and oxygen atoms in total. The molecule has 149 heavy (non-hydrogen) atoms. The Bertz CT molecular complexity index is 10200. The van der Waals surface area contributed by atoms with Crippen LogP contribution in [0.4, 0.5) is 0 Å². The van der Waals surface area contributed by atoms with Crippen molar-refractivity contribution >= 4 is 142 Å². The Morgan fingerprint density at radius 2 is 0.416 bits per heavy atom. The third kappa shape index (κ3) is 15.5. The van der Waals surface area contributed by atoms with E-state index in [-0.39, 0.29) is 10.8 Å². The van der Waals surface area contributed by atoms with Gasteiger partial charge < -0.3 is 41.0 Å². The van der Waals surface area contributed by atoms with Crippen molar-refractivity contribution in [3.05, 3.63) is 471 Å². The molecule has 0 aliphatic carbocycles. The molecule has 15 heteroatoms. The second-order valence-electron chi connectivity index (χ2n) is 41.0. The first-order valence-electron chi connectivity index (χ1n) is 50.7. The Kier molecular flexibility index (Phi) is 21.1. The molecule has 0 N–H and O–H groups in total. The van der Waals surface area contributed by atoms with E-state index in [1.807, 2.05) is 91.0 Å². The number of hydrogen-bond acceptors (Lipinski definition) is 9. The van der Waals surface area contributed by atoms with Gasteiger partial charge in [0.25, 0.3) is 17.7 Å². The fourth-order valence-corrected chi connectivity index (χ4v) is 22.1. The minimum absolute atomic E-state index is 0.0552. The summed E-state index contributed by atoms with van der Waals surface area (Å²) < 4.78 is 31.2. The first kappa shape index (κ1) is 88.8. The van der Waals surface area contributed by atoms with Gasteiger partial charge in [-0.15, -0.1) is 0 Å². The van der Waals surface area contributed by atoms with Crippen LogP contribution >= 0.6 is 0 Å². The van der Waals surface area contributed by atoms with Gasteiger partial charge in [-0.05, 0) is 276 Å². The molecule has 9 aromatic heterocycles. The molecule has 0 saturated heterocycles. The zero-order valence-corrected chi connectivity index (χ0v) is 83.3. The molecule has 29 rings (SSSR count). The van der Waals surface area contributed by atoms with Crippen molar-refractivity contribution in [2.45, 2.75) is 66.2 Å². The zero-order chi connectivity index (χ0) is 100. The minimum atomic E-state index is 0.0552. The first-order chi connectivity index (χ1) is 72.9. The second kappa shape index (κ2) is 35.4. The van der Waals surface area contributed by atoms with Gasteiger partial charge in [0.2, 0.25) is 17.5 Å². The SMILES string of the molecule is CC(C)(C)c1ccc2c(c1)c1cc(C(C)(C)C)ccc1n2-c1ccc2c(c1)c1ccccc1n2-c1ccc(-c2nc(-c3ccccc3)no2)cc1.Cc1ccc2c(c1)c1cc(C)ccc1n2-c1ccc2c(c1)c1ccccc1n2-c1ccc(-c2nc(-c3ccccc3)no2)cc1.c1ccc(-c2noc(-c3ccc(-n4c5ccccc5c5cc(-n6c7ccccc7c7cc(-c8ccc9ccccc9c8)ccc76)ccc54)cc3)n2)cc1. The van der Waals surface area contributed by atoms with Crippen molar-refractivity contribution in [1.29, 1.82) is 0 Å². The van der Waals surface area contributed by atoms with Gasteiger partial charge in [0.1, 0.15) is 0 Å². The molecular formula is C134H98N12O3. The largest absolute Gasteiger partial charge is 0.334 e. The summed E-state index contributed by atoms with van der Waals surface area (Å²) in [5.74, 6) is 3.25. The average molecular weight is 1920 g/mol. The molecule has 0 amide bonds. The normalized spacial score (nSPS) is 12.0. The van der Waals surface area contributed by atoms with Crippen molar-refractivity contribution in [3.63, 3.8) is 0 Å². The van der Waals surface area contributed by atoms with E-state index in [9.17, 15) is 0 Å². The summed E-state index contributed by atoms with van der Waals surface area (Å²) in [6.45, 7) is 18.1. The molecule has 0 fully saturated rings. The number of fused-ring (bicyclic) bond motifs is 19. The van der Waals surface area contributed by atoms with E-state index in [4.69, 9.17) is 13.6 Å². The van der Waals surface area contributed by atoms with Crippen LogP contribution < -0.4 is 0 Å². The monoisotopic (exact) mass is 1920 g/mol. The summed E-state index contributed by atoms with van der Waals surface area (Å²) in [6.07, 6.45) is 0. The van der Waals surface area contributed by atoms with Crippen molar-refractivity contribution in [2.75, 3.05) is 0 Å². The van der Waals surface area contributed by atoms with Crippen molar-refractivity contribution in [3.8, 4) is 114 Å². The summed E-state index contributed by atoms with van der Waals surface area (Å²) in [7, 11) is 0. The van der Waals surface area contributed by atoms with Crippen LogP contribution in [0.1, 0.15) is 63.8 Å². The highest BCUT2D eigenvalue weighted by Gasteiger charge is 2.27. The summed E-state index contributed by atoms with van der Waals surface area (Å²) in [5, 5.41) is 30.1. The number of para-hydroxylation sites is 4. The lowest BCUT2D eigenvalue weighted by atomic mass is 9.85. The van der Waals surface area contributed by atoms with Gasteiger partial charge in [0.15, 0.2) is 0 Å². The molecule has 0 bridgehead atoms. The van der Waals surface area contributed by atoms with Gasteiger partial charge in [-0.25, -0.2) is 0 Å². The van der Waals surface area contributed by atoms with E-state index < -0.39 is 0 Å². The van der Waals surface area contributed by atoms with E-state index in [2.05, 4.69) is 471 Å². The van der Waals surface area contributed by atoms with Gasteiger partial charge in [-0.3, -0.25) is 0 Å². The van der Waals surface area contributed by atoms with E-state index >= 15 is 0 Å². The first-order valence-corrected chi connectivity index (χ1v) is 50.7. The molecule has 9 heterocycles. The van der Waals surface area contributed by atoms with Crippen LogP contribution in [0.25, 0.3) is 255 Å². The third-order valence-electron chi connectivity index (χ3n) is 29.6. The molecule has 0 unspecified atom stereocenters. The fourth-order valence-electron chi connectivity index (χ4n) is 22.1. The summed E-state index contributed by atoms with van der Waals surface area (Å²) in [5.41, 5.74) is 34.0. The second-order valence-corrected chi connectivity index (χ2v) is 41.0. The smallest absolute Gasteiger partial charge is 0.258 e. The van der Waals surface area contributed by atoms with Gasteiger partial charge in [-0.2, -0.15) is 15.0 Å². The fraction of sp³-hybridized carbons (Fsp3) is 0.0746. The Morgan fingerprint density at radius 1 is 0.174 bits per heavy atom. The minimum Gasteiger partial charge on any atom is -0.334 e. The molecule has 0 aliphatic rings. The number of aromatic nitrogens is 12. The van der Waals surface area contributed by atoms with E-state index in [1.54, 1.807) is 0 Å². The highest BCUT2D eigenvalue weighted by Crippen LogP contribution is 2.46. The maximum Gasteiger partial charge on any atom is 0.258 e. The lowest BCUT2D eigenvalue weighted by Gasteiger charge is -2.19. The molecule has 20 aromatic carbocycles. The van der Waals surface area contributed by atoms with Gasteiger partial charge in [-0.1, -0.05) is 299 Å². The average Bonchev–Trinajstić information content (AvgIpc) is 1.58. The molecule has 29 aromatic rings. The molecule has 0 atom stereocenters.